The van der Waals surface area contributed by atoms with Gasteiger partial charge in [-0.2, -0.15) is 0 Å². The van der Waals surface area contributed by atoms with Gasteiger partial charge in [-0.3, -0.25) is 20.0 Å². The Balaban J connectivity index is 0.000000155. The van der Waals surface area contributed by atoms with Crippen molar-refractivity contribution in [1.29, 1.82) is 0 Å². The first-order valence-electron chi connectivity index (χ1n) is 28.8. The zero-order valence-electron chi connectivity index (χ0n) is 46.4. The minimum absolute atomic E-state index is 0. The normalized spacial score (nSPS) is 27.0. The first-order chi connectivity index (χ1) is 37.5. The number of benzene rings is 7. The van der Waals surface area contributed by atoms with E-state index in [1.807, 2.05) is 72.8 Å². The zero-order chi connectivity index (χ0) is 53.6. The van der Waals surface area contributed by atoms with Crippen LogP contribution >= 0.6 is 0 Å². The molecule has 8 aliphatic carbocycles. The van der Waals surface area contributed by atoms with Gasteiger partial charge in [0.2, 0.25) is 0 Å². The second-order valence-corrected chi connectivity index (χ2v) is 26.0. The molecule has 8 bridgehead atoms. The van der Waals surface area contributed by atoms with Crippen molar-refractivity contribution in [3.63, 3.8) is 0 Å². The van der Waals surface area contributed by atoms with Gasteiger partial charge in [0.25, 0.3) is 0 Å². The Bertz CT molecular complexity index is 3580. The number of hydrogen-bond donors (Lipinski definition) is 4. The number of rotatable bonds is 8. The summed E-state index contributed by atoms with van der Waals surface area (Å²) in [6.45, 7) is 14.2. The molecule has 7 aromatic rings. The van der Waals surface area contributed by atoms with E-state index in [9.17, 15) is 20.4 Å². The molecular weight excluding hydrogens is 1350 g/mol. The Hall–Kier alpha value is -5.94. The number of nitrogens with zero attached hydrogens (tertiary/aromatic N) is 4. The van der Waals surface area contributed by atoms with E-state index in [-0.39, 0.29) is 75.3 Å². The van der Waals surface area contributed by atoms with Crippen LogP contribution in [0.3, 0.4) is 0 Å². The molecule has 4 fully saturated rings. The van der Waals surface area contributed by atoms with Crippen LogP contribution in [0.4, 0.5) is 22.7 Å². The molecule has 0 radical (unpaired) electrons. The molecule has 0 spiro atoms. The summed E-state index contributed by atoms with van der Waals surface area (Å²) in [5.74, 6) is 4.65. The summed E-state index contributed by atoms with van der Waals surface area (Å²) in [5, 5.41) is 45.6. The molecule has 8 aliphatic rings. The average Bonchev–Trinajstić information content (AvgIpc) is 2.41. The minimum atomic E-state index is 0. The molecule has 15 rings (SSSR count). The van der Waals surface area contributed by atoms with Crippen LogP contribution < -0.4 is 0 Å². The van der Waals surface area contributed by atoms with Gasteiger partial charge < -0.3 is 20.4 Å². The van der Waals surface area contributed by atoms with Crippen molar-refractivity contribution in [2.75, 3.05) is 0 Å². The molecular formula is C70H70N4O4Pt2. The number of hydrogen-bond acceptors (Lipinski definition) is 8. The molecule has 8 nitrogen and oxygen atoms in total. The second kappa shape index (κ2) is 19.9. The molecule has 8 unspecified atom stereocenters. The summed E-state index contributed by atoms with van der Waals surface area (Å²) in [6, 6.07) is 36.5. The number of phenols is 4. The van der Waals surface area contributed by atoms with Gasteiger partial charge in [0.05, 0.1) is 22.7 Å². The van der Waals surface area contributed by atoms with Crippen molar-refractivity contribution in [2.45, 2.75) is 152 Å². The molecule has 0 aliphatic heterocycles. The third kappa shape index (κ3) is 8.40. The molecule has 8 atom stereocenters. The van der Waals surface area contributed by atoms with Gasteiger partial charge in [-0.1, -0.05) is 77.9 Å². The monoisotopic (exact) mass is 1420 g/mol. The molecule has 7 aromatic carbocycles. The summed E-state index contributed by atoms with van der Waals surface area (Å²) in [5.41, 5.74) is 17.3. The maximum Gasteiger partial charge on any atom is 0.124 e. The van der Waals surface area contributed by atoms with E-state index in [2.05, 4.69) is 77.9 Å². The fraction of sp³-hybridized carbons (Fsp3) is 0.371. The number of phenolic OH excluding ortho intramolecular Hbond substituents is 4. The standard InChI is InChI=1S/C36H40N2O2.C34H30N2O2.2Pt/c1-33(2)25-11-13-35(33,5)27-17-31(39)21(15-23(25)27)19-37-29-9-7-8-10-30(29)38-20-22-16-24-26-12-14-36(6,34(26,3)4)28(24)18-32(22)40;37-33-15-29-23-7-5-21(9-23)27(29)11-25(33)17-35-31-13-19-3-1-2-4-20(19)14-32(31)36-18-26-12-28-22-6-8-24(10-22)30(28)16-34(26)38;;/h7-10,15-20,25-26,39-40H,11-14H2,1-6H3;1-4,11-18,21-24,37-38H,5-10H2;;. The number of fused-ring (bicyclic) bond motifs is 21. The molecule has 4 N–H and O–H groups in total. The Morgan fingerprint density at radius 1 is 0.375 bits per heavy atom. The van der Waals surface area contributed by atoms with Crippen LogP contribution in [0.2, 0.25) is 0 Å². The van der Waals surface area contributed by atoms with Gasteiger partial charge >= 0.3 is 0 Å². The van der Waals surface area contributed by atoms with Crippen molar-refractivity contribution >= 4 is 58.4 Å². The Morgan fingerprint density at radius 2 is 0.688 bits per heavy atom. The summed E-state index contributed by atoms with van der Waals surface area (Å²) >= 11 is 0. The maximum atomic E-state index is 10.9. The van der Waals surface area contributed by atoms with E-state index < -0.39 is 0 Å². The third-order valence-electron chi connectivity index (χ3n) is 22.0. The van der Waals surface area contributed by atoms with E-state index in [0.29, 0.717) is 47.0 Å². The van der Waals surface area contributed by atoms with Gasteiger partial charge in [0.15, 0.2) is 0 Å². The SMILES string of the molecule is CC12CCC(c3cc(C=Nc4ccccc4N=Cc4cc5c(cc4O)C4(C)CCC5C4(C)C)c(O)cc31)C2(C)C.Oc1cc2c(cc1C=Nc1cc3ccccc3cc1N=Cc1cc3c(cc1O)C1CCC3C1)C1CCC2C1.[Pt].[Pt]. The zero-order valence-corrected chi connectivity index (χ0v) is 51.0. The van der Waals surface area contributed by atoms with E-state index in [1.54, 1.807) is 24.9 Å². The van der Waals surface area contributed by atoms with Gasteiger partial charge in [-0.15, -0.1) is 0 Å². The summed E-state index contributed by atoms with van der Waals surface area (Å²) < 4.78 is 0. The molecule has 414 valence electrons. The molecule has 10 heteroatoms. The Labute approximate surface area is 499 Å². The molecule has 0 saturated heterocycles. The molecule has 0 amide bonds. The van der Waals surface area contributed by atoms with Crippen LogP contribution in [0.5, 0.6) is 23.0 Å². The number of aliphatic imine (C=N–C) groups is 4. The Morgan fingerprint density at radius 3 is 1.06 bits per heavy atom. The smallest absolute Gasteiger partial charge is 0.124 e. The quantitative estimate of drug-likeness (QED) is 0.113. The molecule has 4 saturated carbocycles. The minimum Gasteiger partial charge on any atom is -0.507 e. The predicted octanol–water partition coefficient (Wildman–Crippen LogP) is 17.4. The van der Waals surface area contributed by atoms with Crippen LogP contribution in [-0.4, -0.2) is 45.3 Å². The maximum absolute atomic E-state index is 10.9. The fourth-order valence-electron chi connectivity index (χ4n) is 16.7. The van der Waals surface area contributed by atoms with Crippen molar-refractivity contribution < 1.29 is 62.6 Å². The summed E-state index contributed by atoms with van der Waals surface area (Å²) in [7, 11) is 0. The third-order valence-corrected chi connectivity index (χ3v) is 22.0. The second-order valence-electron chi connectivity index (χ2n) is 26.0. The van der Waals surface area contributed by atoms with Crippen LogP contribution in [0.25, 0.3) is 10.8 Å². The van der Waals surface area contributed by atoms with Gasteiger partial charge in [-0.25, -0.2) is 0 Å². The fourth-order valence-corrected chi connectivity index (χ4v) is 16.7. The van der Waals surface area contributed by atoms with E-state index in [4.69, 9.17) is 20.0 Å². The van der Waals surface area contributed by atoms with E-state index in [0.717, 1.165) is 55.8 Å². The summed E-state index contributed by atoms with van der Waals surface area (Å²) in [4.78, 5) is 19.2. The first kappa shape index (κ1) is 54.6. The topological polar surface area (TPSA) is 130 Å². The number of aromatic hydroxyl groups is 4. The number of para-hydroxylation sites is 2. The Kier molecular flexibility index (Phi) is 13.6. The van der Waals surface area contributed by atoms with Crippen LogP contribution in [-0.2, 0) is 53.0 Å². The first-order valence-corrected chi connectivity index (χ1v) is 28.8. The molecule has 0 heterocycles. The average molecular weight is 1420 g/mol. The van der Waals surface area contributed by atoms with E-state index >= 15 is 0 Å². The molecule has 0 aromatic heterocycles. The largest absolute Gasteiger partial charge is 0.507 e. The van der Waals surface area contributed by atoms with Crippen LogP contribution in [0, 0.1) is 10.8 Å². The molecule has 80 heavy (non-hydrogen) atoms. The summed E-state index contributed by atoms with van der Waals surface area (Å²) in [6.07, 6.45) is 19.2. The predicted molar refractivity (Wildman–Crippen MR) is 317 cm³/mol. The van der Waals surface area contributed by atoms with E-state index in [1.165, 1.54) is 109 Å². The van der Waals surface area contributed by atoms with Gasteiger partial charge in [0, 0.05) is 89.2 Å². The van der Waals surface area contributed by atoms with Crippen LogP contribution in [0.1, 0.15) is 208 Å². The van der Waals surface area contributed by atoms with Gasteiger partial charge in [-0.05, 0) is 249 Å². The van der Waals surface area contributed by atoms with Crippen molar-refractivity contribution in [1.82, 2.24) is 0 Å². The van der Waals surface area contributed by atoms with Crippen molar-refractivity contribution in [3.05, 3.63) is 176 Å². The van der Waals surface area contributed by atoms with Crippen molar-refractivity contribution in [2.24, 2.45) is 30.8 Å². The van der Waals surface area contributed by atoms with Crippen LogP contribution in [0.15, 0.2) is 129 Å². The van der Waals surface area contributed by atoms with Crippen molar-refractivity contribution in [3.8, 4) is 23.0 Å². The van der Waals surface area contributed by atoms with Gasteiger partial charge in [0.1, 0.15) is 23.0 Å².